The monoisotopic (exact) mass is 661 g/mol. The lowest BCUT2D eigenvalue weighted by Crippen LogP contribution is -2.54. The summed E-state index contributed by atoms with van der Waals surface area (Å²) in [6, 6.07) is 30.0. The van der Waals surface area contributed by atoms with Crippen molar-refractivity contribution in [3.8, 4) is 5.75 Å². The topological polar surface area (TPSA) is 96.0 Å². The molecule has 0 aliphatic carbocycles. The number of nitrogens with one attached hydrogen (secondary N) is 1. The predicted molar refractivity (Wildman–Crippen MR) is 182 cm³/mol. The summed E-state index contributed by atoms with van der Waals surface area (Å²) >= 11 is 6.57. The first-order valence-corrected chi connectivity index (χ1v) is 17.1. The number of hydrogen-bond donors (Lipinski definition) is 1. The molecule has 8 nitrogen and oxygen atoms in total. The highest BCUT2D eigenvalue weighted by Crippen LogP contribution is 2.33. The predicted octanol–water partition coefficient (Wildman–Crippen LogP) is 6.49. The first-order valence-electron chi connectivity index (χ1n) is 15.3. The third kappa shape index (κ3) is 8.68. The van der Waals surface area contributed by atoms with E-state index in [1.807, 2.05) is 44.2 Å². The maximum absolute atomic E-state index is 14.6. The van der Waals surface area contributed by atoms with Crippen LogP contribution in [-0.2, 0) is 32.6 Å². The molecular weight excluding hydrogens is 622 g/mol. The van der Waals surface area contributed by atoms with Gasteiger partial charge >= 0.3 is 0 Å². The maximum Gasteiger partial charge on any atom is 0.264 e. The zero-order valence-electron chi connectivity index (χ0n) is 26.3. The zero-order valence-corrected chi connectivity index (χ0v) is 27.9. The van der Waals surface area contributed by atoms with Gasteiger partial charge in [-0.3, -0.25) is 13.9 Å². The van der Waals surface area contributed by atoms with Crippen molar-refractivity contribution in [3.63, 3.8) is 0 Å². The van der Waals surface area contributed by atoms with Gasteiger partial charge < -0.3 is 15.0 Å². The van der Waals surface area contributed by atoms with Crippen molar-refractivity contribution >= 4 is 39.1 Å². The first kappa shape index (κ1) is 34.5. The number of benzene rings is 4. The summed E-state index contributed by atoms with van der Waals surface area (Å²) in [5.74, 6) is -0.609. The number of para-hydroxylation sites is 2. The van der Waals surface area contributed by atoms with Gasteiger partial charge in [0.15, 0.2) is 0 Å². The summed E-state index contributed by atoms with van der Waals surface area (Å²) in [5, 5.41) is 3.46. The number of carbonyl (C=O) groups is 2. The standard InChI is InChI=1S/C36H40ClN3O5S/c1-4-27(3)38-36(42)33(24-28-16-8-6-9-17-28)39(25-29-18-12-13-21-31(29)37)35(41)26-40(32-22-14-15-23-34(32)45-5-2)46(43,44)30-19-10-7-11-20-30/h6-23,27,33H,4-5,24-26H2,1-3H3,(H,38,42)/t27-,33-/m1/s1. The minimum absolute atomic E-state index is 0.0158. The third-order valence-corrected chi connectivity index (χ3v) is 9.76. The van der Waals surface area contributed by atoms with Crippen LogP contribution >= 0.6 is 11.6 Å². The zero-order chi connectivity index (χ0) is 33.1. The molecule has 0 bridgehead atoms. The molecule has 0 radical (unpaired) electrons. The van der Waals surface area contributed by atoms with Crippen LogP contribution in [-0.4, -0.2) is 50.4 Å². The van der Waals surface area contributed by atoms with Gasteiger partial charge in [0.1, 0.15) is 18.3 Å². The van der Waals surface area contributed by atoms with E-state index in [-0.39, 0.29) is 42.1 Å². The summed E-state index contributed by atoms with van der Waals surface area (Å²) in [6.07, 6.45) is 0.903. The van der Waals surface area contributed by atoms with Crippen LogP contribution in [0.5, 0.6) is 5.75 Å². The van der Waals surface area contributed by atoms with E-state index in [2.05, 4.69) is 5.32 Å². The third-order valence-electron chi connectivity index (χ3n) is 7.61. The number of amides is 2. The lowest BCUT2D eigenvalue weighted by molar-refractivity contribution is -0.140. The van der Waals surface area contributed by atoms with Gasteiger partial charge in [-0.25, -0.2) is 8.42 Å². The molecule has 2 atom stereocenters. The number of carbonyl (C=O) groups excluding carboxylic acids is 2. The second-order valence-corrected chi connectivity index (χ2v) is 13.1. The summed E-state index contributed by atoms with van der Waals surface area (Å²) in [4.78, 5) is 30.0. The van der Waals surface area contributed by atoms with Crippen LogP contribution in [0.4, 0.5) is 5.69 Å². The van der Waals surface area contributed by atoms with Gasteiger partial charge in [0, 0.05) is 24.0 Å². The highest BCUT2D eigenvalue weighted by Gasteiger charge is 2.36. The van der Waals surface area contributed by atoms with E-state index in [0.29, 0.717) is 22.8 Å². The molecule has 46 heavy (non-hydrogen) atoms. The molecule has 1 N–H and O–H groups in total. The Morgan fingerprint density at radius 2 is 1.46 bits per heavy atom. The molecule has 0 unspecified atom stereocenters. The Morgan fingerprint density at radius 3 is 2.11 bits per heavy atom. The molecule has 2 amide bonds. The maximum atomic E-state index is 14.6. The number of nitrogens with zero attached hydrogens (tertiary/aromatic N) is 2. The van der Waals surface area contributed by atoms with Gasteiger partial charge in [0.2, 0.25) is 11.8 Å². The molecule has 0 aliphatic heterocycles. The van der Waals surface area contributed by atoms with E-state index in [1.54, 1.807) is 73.7 Å². The van der Waals surface area contributed by atoms with E-state index in [4.69, 9.17) is 16.3 Å². The molecule has 0 heterocycles. The Morgan fingerprint density at radius 1 is 0.848 bits per heavy atom. The summed E-state index contributed by atoms with van der Waals surface area (Å²) in [5.41, 5.74) is 1.68. The van der Waals surface area contributed by atoms with E-state index in [1.165, 1.54) is 17.0 Å². The molecule has 0 saturated heterocycles. The van der Waals surface area contributed by atoms with Crippen molar-refractivity contribution < 1.29 is 22.7 Å². The van der Waals surface area contributed by atoms with E-state index >= 15 is 0 Å². The van der Waals surface area contributed by atoms with E-state index in [9.17, 15) is 18.0 Å². The molecule has 242 valence electrons. The van der Waals surface area contributed by atoms with Crippen molar-refractivity contribution in [3.05, 3.63) is 125 Å². The van der Waals surface area contributed by atoms with Gasteiger partial charge in [-0.2, -0.15) is 0 Å². The fourth-order valence-corrected chi connectivity index (χ4v) is 6.62. The minimum Gasteiger partial charge on any atom is -0.492 e. The van der Waals surface area contributed by atoms with Crippen LogP contribution in [0, 0.1) is 0 Å². The second kappa shape index (κ2) is 16.3. The van der Waals surface area contributed by atoms with Crippen LogP contribution in [0.1, 0.15) is 38.3 Å². The molecule has 0 fully saturated rings. The number of ether oxygens (including phenoxy) is 1. The molecule has 0 aliphatic rings. The van der Waals surface area contributed by atoms with Crippen LogP contribution < -0.4 is 14.4 Å². The Balaban J connectivity index is 1.84. The SMILES string of the molecule is CCOc1ccccc1N(CC(=O)N(Cc1ccccc1Cl)[C@H](Cc1ccccc1)C(=O)N[C@H](C)CC)S(=O)(=O)c1ccccc1. The van der Waals surface area contributed by atoms with Crippen molar-refractivity contribution in [1.82, 2.24) is 10.2 Å². The normalized spacial score (nSPS) is 12.5. The number of rotatable bonds is 15. The van der Waals surface area contributed by atoms with E-state index < -0.39 is 28.5 Å². The highest BCUT2D eigenvalue weighted by molar-refractivity contribution is 7.92. The molecule has 0 spiro atoms. The summed E-state index contributed by atoms with van der Waals surface area (Å²) < 4.78 is 35.3. The first-order chi connectivity index (χ1) is 22.1. The van der Waals surface area contributed by atoms with Gasteiger partial charge in [0.05, 0.1) is 17.2 Å². The Kier molecular flexibility index (Phi) is 12.2. The summed E-state index contributed by atoms with van der Waals surface area (Å²) in [7, 11) is -4.25. The molecule has 0 aromatic heterocycles. The number of anilines is 1. The smallest absolute Gasteiger partial charge is 0.264 e. The van der Waals surface area contributed by atoms with Gasteiger partial charge in [0.25, 0.3) is 10.0 Å². The van der Waals surface area contributed by atoms with Crippen LogP contribution in [0.3, 0.4) is 0 Å². The largest absolute Gasteiger partial charge is 0.492 e. The average Bonchev–Trinajstić information content (AvgIpc) is 3.07. The fraction of sp³-hybridized carbons (Fsp3) is 0.278. The molecule has 10 heteroatoms. The second-order valence-electron chi connectivity index (χ2n) is 10.9. The highest BCUT2D eigenvalue weighted by atomic mass is 35.5. The number of sulfonamides is 1. The van der Waals surface area contributed by atoms with Crippen molar-refractivity contribution in [1.29, 1.82) is 0 Å². The molecular formula is C36H40ClN3O5S. The average molecular weight is 662 g/mol. The van der Waals surface area contributed by atoms with Gasteiger partial charge in [-0.15, -0.1) is 0 Å². The number of hydrogen-bond acceptors (Lipinski definition) is 5. The van der Waals surface area contributed by atoms with Crippen LogP contribution in [0.15, 0.2) is 114 Å². The fourth-order valence-electron chi connectivity index (χ4n) is 4.98. The van der Waals surface area contributed by atoms with E-state index in [0.717, 1.165) is 9.87 Å². The van der Waals surface area contributed by atoms with Crippen LogP contribution in [0.2, 0.25) is 5.02 Å². The Labute approximate surface area is 277 Å². The molecule has 4 aromatic rings. The number of halogens is 1. The lowest BCUT2D eigenvalue weighted by atomic mass is 10.0. The molecule has 4 aromatic carbocycles. The molecule has 4 rings (SSSR count). The lowest BCUT2D eigenvalue weighted by Gasteiger charge is -2.34. The molecule has 0 saturated carbocycles. The summed E-state index contributed by atoms with van der Waals surface area (Å²) in [6.45, 7) is 5.34. The Bertz CT molecular complexity index is 1700. The van der Waals surface area contributed by atoms with Gasteiger partial charge in [-0.1, -0.05) is 97.4 Å². The minimum atomic E-state index is -4.25. The van der Waals surface area contributed by atoms with Crippen LogP contribution in [0.25, 0.3) is 0 Å². The van der Waals surface area contributed by atoms with Crippen molar-refractivity contribution in [2.24, 2.45) is 0 Å². The van der Waals surface area contributed by atoms with Gasteiger partial charge in [-0.05, 0) is 61.7 Å². The van der Waals surface area contributed by atoms with Crippen molar-refractivity contribution in [2.45, 2.75) is 57.1 Å². The quantitative estimate of drug-likeness (QED) is 0.157. The Hall–Kier alpha value is -4.34. The van der Waals surface area contributed by atoms with Crippen molar-refractivity contribution in [2.75, 3.05) is 17.5 Å².